The largest absolute Gasteiger partial charge is 0.416 e. The number of fused-ring (bicyclic) bond motifs is 2. The molecule has 0 unspecified atom stereocenters. The number of aliphatic imine (C=N–C) groups is 1. The molecular weight excluding hydrogens is 566 g/mol. The lowest BCUT2D eigenvalue weighted by atomic mass is 9.83. The number of halogens is 6. The lowest BCUT2D eigenvalue weighted by Crippen LogP contribution is -2.16. The molecule has 0 amide bonds. The SMILES string of the molecule is CC(C)(C)c1cc(C2=Nc3ccccc3C2=O)c2[nH]c(-c3ccc(C(F)(F)F)cc3)c(-c3ccc(C(F)(F)F)cc3)c2c1. The van der Waals surface area contributed by atoms with Crippen LogP contribution in [0.1, 0.15) is 53.4 Å². The molecule has 1 aliphatic heterocycles. The number of carbonyl (C=O) groups excluding carboxylic acids is 1. The highest BCUT2D eigenvalue weighted by Crippen LogP contribution is 2.44. The summed E-state index contributed by atoms with van der Waals surface area (Å²) in [7, 11) is 0. The summed E-state index contributed by atoms with van der Waals surface area (Å²) in [5.41, 5.74) is 2.67. The molecule has 0 saturated heterocycles. The first-order valence-corrected chi connectivity index (χ1v) is 13.4. The minimum atomic E-state index is -4.54. The van der Waals surface area contributed by atoms with E-state index in [-0.39, 0.29) is 11.5 Å². The number of hydrogen-bond donors (Lipinski definition) is 1. The minimum absolute atomic E-state index is 0.205. The van der Waals surface area contributed by atoms with E-state index in [4.69, 9.17) is 0 Å². The van der Waals surface area contributed by atoms with Crippen LogP contribution in [-0.2, 0) is 17.8 Å². The molecule has 0 aliphatic carbocycles. The number of alkyl halides is 6. The van der Waals surface area contributed by atoms with Crippen molar-refractivity contribution >= 4 is 28.1 Å². The number of Topliss-reactive ketones (excluding diaryl/α,β-unsaturated/α-hetero) is 1. The van der Waals surface area contributed by atoms with Gasteiger partial charge in [0, 0.05) is 22.1 Å². The van der Waals surface area contributed by atoms with E-state index < -0.39 is 28.9 Å². The molecule has 43 heavy (non-hydrogen) atoms. The zero-order valence-corrected chi connectivity index (χ0v) is 23.2. The Hall–Kier alpha value is -4.66. The maximum absolute atomic E-state index is 13.5. The number of nitrogens with zero attached hydrogens (tertiary/aromatic N) is 1. The average molecular weight is 591 g/mol. The van der Waals surface area contributed by atoms with Crippen molar-refractivity contribution in [1.82, 2.24) is 4.98 Å². The summed E-state index contributed by atoms with van der Waals surface area (Å²) in [5, 5.41) is 0.600. The summed E-state index contributed by atoms with van der Waals surface area (Å²) in [6, 6.07) is 19.9. The molecule has 4 aromatic carbocycles. The Balaban J connectivity index is 1.66. The van der Waals surface area contributed by atoms with Crippen LogP contribution in [0, 0.1) is 0 Å². The Kier molecular flexibility index (Phi) is 6.41. The van der Waals surface area contributed by atoms with Crippen LogP contribution in [0.4, 0.5) is 32.0 Å². The van der Waals surface area contributed by atoms with Gasteiger partial charge >= 0.3 is 12.4 Å². The number of carbonyl (C=O) groups is 1. The number of para-hydroxylation sites is 1. The average Bonchev–Trinajstić information content (AvgIpc) is 3.49. The van der Waals surface area contributed by atoms with E-state index in [1.54, 1.807) is 24.3 Å². The zero-order valence-electron chi connectivity index (χ0n) is 23.2. The van der Waals surface area contributed by atoms with E-state index in [1.165, 1.54) is 24.3 Å². The number of aromatic amines is 1. The van der Waals surface area contributed by atoms with Gasteiger partial charge in [0.1, 0.15) is 5.71 Å². The van der Waals surface area contributed by atoms with Gasteiger partial charge < -0.3 is 4.98 Å². The highest BCUT2D eigenvalue weighted by atomic mass is 19.4. The van der Waals surface area contributed by atoms with Crippen molar-refractivity contribution in [2.24, 2.45) is 4.99 Å². The van der Waals surface area contributed by atoms with Gasteiger partial charge in [-0.1, -0.05) is 57.2 Å². The van der Waals surface area contributed by atoms with Crippen molar-refractivity contribution in [3.63, 3.8) is 0 Å². The van der Waals surface area contributed by atoms with Gasteiger partial charge in [-0.15, -0.1) is 0 Å². The van der Waals surface area contributed by atoms with E-state index in [9.17, 15) is 31.1 Å². The Labute approximate surface area is 242 Å². The van der Waals surface area contributed by atoms with Gasteiger partial charge in [-0.25, -0.2) is 4.99 Å². The molecule has 5 aromatic rings. The van der Waals surface area contributed by atoms with Gasteiger partial charge in [0.25, 0.3) is 0 Å². The van der Waals surface area contributed by atoms with Crippen LogP contribution in [0.5, 0.6) is 0 Å². The topological polar surface area (TPSA) is 45.2 Å². The summed E-state index contributed by atoms with van der Waals surface area (Å²) >= 11 is 0. The molecule has 1 aliphatic rings. The Morgan fingerprint density at radius 2 is 1.21 bits per heavy atom. The third kappa shape index (κ3) is 5.02. The lowest BCUT2D eigenvalue weighted by Gasteiger charge is -2.21. The number of hydrogen-bond acceptors (Lipinski definition) is 2. The molecule has 1 aromatic heterocycles. The third-order valence-corrected chi connectivity index (χ3v) is 7.63. The molecule has 0 spiro atoms. The van der Waals surface area contributed by atoms with Crippen molar-refractivity contribution in [3.8, 4) is 22.4 Å². The number of benzene rings is 4. The molecule has 0 fully saturated rings. The molecule has 0 saturated carbocycles. The molecule has 0 atom stereocenters. The lowest BCUT2D eigenvalue weighted by molar-refractivity contribution is -0.138. The van der Waals surface area contributed by atoms with Crippen LogP contribution >= 0.6 is 0 Å². The Morgan fingerprint density at radius 1 is 0.651 bits per heavy atom. The number of nitrogens with one attached hydrogen (secondary N) is 1. The van der Waals surface area contributed by atoms with Crippen molar-refractivity contribution in [2.45, 2.75) is 38.5 Å². The summed E-state index contributed by atoms with van der Waals surface area (Å²) in [4.78, 5) is 21.5. The second-order valence-corrected chi connectivity index (χ2v) is 11.5. The van der Waals surface area contributed by atoms with Gasteiger partial charge in [0.2, 0.25) is 5.78 Å². The Bertz CT molecular complexity index is 1920. The van der Waals surface area contributed by atoms with Gasteiger partial charge in [-0.3, -0.25) is 4.79 Å². The van der Waals surface area contributed by atoms with Crippen LogP contribution in [0.25, 0.3) is 33.3 Å². The standard InChI is InChI=1S/C34H24F6N2O/c1-32(2,3)22-16-24-27(18-8-12-20(13-9-18)33(35,36)37)28(19-10-14-21(15-11-19)34(38,39)40)42-29(24)25(17-22)30-31(43)23-6-4-5-7-26(23)41-30/h4-17,42H,1-3H3. The second kappa shape index (κ2) is 9.69. The minimum Gasteiger partial charge on any atom is -0.353 e. The van der Waals surface area contributed by atoms with Gasteiger partial charge in [0.05, 0.1) is 28.0 Å². The maximum Gasteiger partial charge on any atom is 0.416 e. The first-order chi connectivity index (χ1) is 20.1. The normalized spacial score (nSPS) is 13.9. The van der Waals surface area contributed by atoms with Crippen molar-refractivity contribution in [2.75, 3.05) is 0 Å². The van der Waals surface area contributed by atoms with Crippen molar-refractivity contribution < 1.29 is 31.1 Å². The van der Waals surface area contributed by atoms with Gasteiger partial charge in [-0.05, 0) is 70.6 Å². The molecule has 1 N–H and O–H groups in total. The summed E-state index contributed by atoms with van der Waals surface area (Å²) in [5.74, 6) is -0.273. The van der Waals surface area contributed by atoms with E-state index >= 15 is 0 Å². The van der Waals surface area contributed by atoms with Crippen LogP contribution in [0.2, 0.25) is 0 Å². The number of aromatic nitrogens is 1. The maximum atomic E-state index is 13.5. The van der Waals surface area contributed by atoms with Gasteiger partial charge in [-0.2, -0.15) is 26.3 Å². The van der Waals surface area contributed by atoms with Crippen molar-refractivity contribution in [3.05, 3.63) is 113 Å². The fraction of sp³-hybridized carbons (Fsp3) is 0.176. The fourth-order valence-electron chi connectivity index (χ4n) is 5.33. The quantitative estimate of drug-likeness (QED) is 0.209. The van der Waals surface area contributed by atoms with Crippen LogP contribution in [-0.4, -0.2) is 16.5 Å². The predicted octanol–water partition coefficient (Wildman–Crippen LogP) is 10.2. The molecule has 6 rings (SSSR count). The van der Waals surface area contributed by atoms with Crippen molar-refractivity contribution in [1.29, 1.82) is 0 Å². The monoisotopic (exact) mass is 590 g/mol. The number of rotatable bonds is 3. The molecular formula is C34H24F6N2O. The van der Waals surface area contributed by atoms with E-state index in [1.807, 2.05) is 32.9 Å². The van der Waals surface area contributed by atoms with Crippen LogP contribution < -0.4 is 0 Å². The van der Waals surface area contributed by atoms with Crippen LogP contribution in [0.15, 0.2) is 89.9 Å². The molecule has 3 nitrogen and oxygen atoms in total. The summed E-state index contributed by atoms with van der Waals surface area (Å²) in [6.45, 7) is 5.98. The highest BCUT2D eigenvalue weighted by molar-refractivity contribution is 6.56. The first kappa shape index (κ1) is 28.5. The van der Waals surface area contributed by atoms with E-state index in [0.29, 0.717) is 50.1 Å². The first-order valence-electron chi connectivity index (χ1n) is 13.4. The summed E-state index contributed by atoms with van der Waals surface area (Å²) < 4.78 is 80.3. The molecule has 218 valence electrons. The smallest absolute Gasteiger partial charge is 0.353 e. The zero-order chi connectivity index (χ0) is 30.9. The molecule has 9 heteroatoms. The predicted molar refractivity (Wildman–Crippen MR) is 155 cm³/mol. The second-order valence-electron chi connectivity index (χ2n) is 11.5. The number of H-pyrrole nitrogens is 1. The number of ketones is 1. The molecule has 2 heterocycles. The third-order valence-electron chi connectivity index (χ3n) is 7.63. The van der Waals surface area contributed by atoms with Crippen LogP contribution in [0.3, 0.4) is 0 Å². The Morgan fingerprint density at radius 3 is 1.74 bits per heavy atom. The fourth-order valence-corrected chi connectivity index (χ4v) is 5.33. The van der Waals surface area contributed by atoms with E-state index in [2.05, 4.69) is 9.98 Å². The highest BCUT2D eigenvalue weighted by Gasteiger charge is 2.33. The van der Waals surface area contributed by atoms with Gasteiger partial charge in [0.15, 0.2) is 0 Å². The molecule has 0 radical (unpaired) electrons. The molecule has 0 bridgehead atoms. The summed E-state index contributed by atoms with van der Waals surface area (Å²) in [6.07, 6.45) is -9.09. The van der Waals surface area contributed by atoms with E-state index in [0.717, 1.165) is 29.8 Å².